The number of rotatable bonds is 32. The van der Waals surface area contributed by atoms with E-state index in [9.17, 15) is 67.1 Å². The number of fused-ring (bicyclic) bond motifs is 4. The van der Waals surface area contributed by atoms with E-state index in [0.29, 0.717) is 94.8 Å². The van der Waals surface area contributed by atoms with Gasteiger partial charge in [-0.3, -0.25) is 44.4 Å². The van der Waals surface area contributed by atoms with Crippen LogP contribution in [0.25, 0.3) is 92.2 Å². The normalized spacial score (nSPS) is 12.4. The molecule has 0 unspecified atom stereocenters. The van der Waals surface area contributed by atoms with Crippen molar-refractivity contribution in [2.24, 2.45) is 5.73 Å². The average molecular weight is 1680 g/mol. The maximum atomic E-state index is 13.2. The molecule has 5 heterocycles. The Morgan fingerprint density at radius 1 is 0.431 bits per heavy atom. The van der Waals surface area contributed by atoms with Crippen LogP contribution in [-0.4, -0.2) is 167 Å². The topological polar surface area (TPSA) is 425 Å². The molecule has 1 aliphatic rings. The highest BCUT2D eigenvalue weighted by molar-refractivity contribution is 6.09. The second kappa shape index (κ2) is 42.7. The summed E-state index contributed by atoms with van der Waals surface area (Å²) in [5.74, 6) is -1.67. The number of nitrogens with one attached hydrogen (secondary N) is 8. The molecule has 0 radical (unpaired) electrons. The van der Waals surface area contributed by atoms with Gasteiger partial charge in [0, 0.05) is 6.04 Å². The maximum Gasteiger partial charge on any atom is 0.255 e. The second-order valence-corrected chi connectivity index (χ2v) is 27.4. The third-order valence-electron chi connectivity index (χ3n) is 18.8. The molecule has 0 spiro atoms. The highest BCUT2D eigenvalue weighted by Gasteiger charge is 2.29. The van der Waals surface area contributed by atoms with Crippen molar-refractivity contribution >= 4 is 122 Å². The van der Waals surface area contributed by atoms with Crippen molar-refractivity contribution < 1.29 is 90.4 Å². The summed E-state index contributed by atoms with van der Waals surface area (Å²) in [5, 5.41) is 89.0. The van der Waals surface area contributed by atoms with Crippen LogP contribution in [0.15, 0.2) is 199 Å². The zero-order valence-electron chi connectivity index (χ0n) is 66.0. The summed E-state index contributed by atoms with van der Waals surface area (Å²) in [6.45, 7) is 0.577. The van der Waals surface area contributed by atoms with Gasteiger partial charge in [0.25, 0.3) is 23.6 Å². The van der Waals surface area contributed by atoms with Crippen molar-refractivity contribution in [1.29, 1.82) is 0 Å². The Morgan fingerprint density at radius 3 is 1.07 bits per heavy atom. The van der Waals surface area contributed by atoms with Gasteiger partial charge in [-0.05, 0) is 181 Å². The fraction of sp³-hybridized carbons (Fsp3) is 0.176. The summed E-state index contributed by atoms with van der Waals surface area (Å²) in [4.78, 5) is 62.6. The number of hydrogen-bond acceptors (Lipinski definition) is 19. The first-order valence-electron chi connectivity index (χ1n) is 38.7. The molecule has 28 nitrogen and oxygen atoms in total. The average Bonchev–Trinajstić information content (AvgIpc) is 1.69. The molecule has 1 aliphatic carbocycles. The molecular formula is C91H85F4N13O15. The number of aliphatic hydroxyl groups is 5. The van der Waals surface area contributed by atoms with Gasteiger partial charge in [0.15, 0.2) is 0 Å². The molecule has 15 rings (SSSR count). The molecule has 0 aliphatic heterocycles. The number of carbonyl (C=O) groups is 5. The number of ether oxygens (including phenoxy) is 4. The van der Waals surface area contributed by atoms with Crippen LogP contribution in [-0.2, 0) is 11.3 Å². The van der Waals surface area contributed by atoms with Crippen LogP contribution in [0.5, 0.6) is 23.0 Å². The number of hydrogen-bond donors (Lipinski definition) is 14. The van der Waals surface area contributed by atoms with Crippen LogP contribution in [0.4, 0.5) is 17.6 Å². The number of aromatic amines is 4. The van der Waals surface area contributed by atoms with Crippen molar-refractivity contribution in [2.75, 3.05) is 59.5 Å². The van der Waals surface area contributed by atoms with Crippen LogP contribution in [0.3, 0.4) is 0 Å². The molecule has 123 heavy (non-hydrogen) atoms. The Kier molecular flexibility index (Phi) is 30.4. The second-order valence-electron chi connectivity index (χ2n) is 27.4. The molecular weight excluding hydrogens is 1590 g/mol. The van der Waals surface area contributed by atoms with Crippen LogP contribution in [0, 0.1) is 23.3 Å². The number of primary amides is 1. The van der Waals surface area contributed by atoms with Gasteiger partial charge < -0.3 is 75.9 Å². The highest BCUT2D eigenvalue weighted by Crippen LogP contribution is 2.38. The van der Waals surface area contributed by atoms with E-state index in [4.69, 9.17) is 29.1 Å². The summed E-state index contributed by atoms with van der Waals surface area (Å²) in [6.07, 6.45) is 17.7. The molecule has 5 amide bonds. The van der Waals surface area contributed by atoms with Gasteiger partial charge in [-0.1, -0.05) is 103 Å². The van der Waals surface area contributed by atoms with E-state index in [1.807, 2.05) is 36.4 Å². The minimum Gasteiger partial charge on any atom is -0.490 e. The van der Waals surface area contributed by atoms with E-state index >= 15 is 0 Å². The summed E-state index contributed by atoms with van der Waals surface area (Å²) in [5.41, 5.74) is 15.1. The largest absolute Gasteiger partial charge is 0.490 e. The standard InChI is InChI=1S/C26H24FN3O4.C23H20FN3O4.C21H21FN4O4.C21H20FN3O3/c27-19-9-6-17(7-10-19)8-12-21-24-22(30-29-21)13-11-20(25(24)34-15-14-31)26(33)28-23(16-32)18-4-2-1-3-5-18;24-16-6-3-15(4-7-16)5-9-19-21-20(27-26-19)10-8-18(22(21)31-13-11-28)23(29)25-14-17-2-1-12-30-17;1-12(20(23)28)24-21(29)15-7-9-17-18(19(15)30-11-10-27)16(25-26-17)8-4-13-2-5-14(22)6-3-13;22-14-4-1-13(2-5-14)3-9-17-19-18(25-24-17)10-8-16(20(19)28-12-11-26)21(27)23-15-6-7-15/h1-13,23,31-32H,14-16H2,(H,28,33)(H,29,30);1-10,12,28H,11,13-14H2,(H,25,29)(H,26,27);2-9,12,27H,10-11H2,1H3,(H2,23,28)(H,24,29)(H,25,26);1-5,8-10,15,26H,6-7,11-12H2,(H,23,27)(H,24,25)/b12-8+;9-5+;8-4+;9-3+/t23-;;12-;/m1.0./s1. The van der Waals surface area contributed by atoms with Gasteiger partial charge >= 0.3 is 0 Å². The predicted molar refractivity (Wildman–Crippen MR) is 456 cm³/mol. The van der Waals surface area contributed by atoms with Gasteiger partial charge in [-0.25, -0.2) is 17.6 Å². The predicted octanol–water partition coefficient (Wildman–Crippen LogP) is 12.5. The van der Waals surface area contributed by atoms with Gasteiger partial charge in [0.05, 0.1) is 141 Å². The molecule has 15 N–H and O–H groups in total. The summed E-state index contributed by atoms with van der Waals surface area (Å²) >= 11 is 0. The van der Waals surface area contributed by atoms with E-state index in [-0.39, 0.29) is 130 Å². The van der Waals surface area contributed by atoms with Crippen molar-refractivity contribution in [3.63, 3.8) is 0 Å². The first-order valence-corrected chi connectivity index (χ1v) is 38.7. The summed E-state index contributed by atoms with van der Waals surface area (Å²) < 4.78 is 80.7. The van der Waals surface area contributed by atoms with Crippen LogP contribution < -0.4 is 45.9 Å². The molecule has 1 saturated carbocycles. The van der Waals surface area contributed by atoms with Gasteiger partial charge in [0.2, 0.25) is 5.91 Å². The smallest absolute Gasteiger partial charge is 0.255 e. The monoisotopic (exact) mass is 1680 g/mol. The minimum absolute atomic E-state index is 0.0177. The fourth-order valence-electron chi connectivity index (χ4n) is 12.5. The number of nitrogens with zero attached hydrogens (tertiary/aromatic N) is 4. The molecule has 5 aromatic heterocycles. The third-order valence-corrected chi connectivity index (χ3v) is 18.8. The molecule has 1 fully saturated rings. The SMILES string of the molecule is C[C@H](NC(=O)c1ccc2n[nH]c(/C=C/c3ccc(F)cc3)c2c1OCCO)C(N)=O.O=C(NC1CC1)c1ccc2n[nH]c(/C=C/c3ccc(F)cc3)c2c1OCCO.O=C(NCc1ccco1)c1ccc2n[nH]c(/C=C/c3ccc(F)cc3)c2c1OCCO.O=C(N[C@H](CO)c1ccccc1)c1ccc2n[nH]c(/C=C/c3ccc(F)cc3)c2c1OCCO. The first-order chi connectivity index (χ1) is 59.8. The number of H-pyrrole nitrogens is 4. The lowest BCUT2D eigenvalue weighted by atomic mass is 10.0. The molecule has 32 heteroatoms. The van der Waals surface area contributed by atoms with Crippen molar-refractivity contribution in [1.82, 2.24) is 62.1 Å². The molecule has 0 saturated heterocycles. The van der Waals surface area contributed by atoms with Crippen LogP contribution in [0.1, 0.15) is 124 Å². The lowest BCUT2D eigenvalue weighted by molar-refractivity contribution is -0.119. The Labute approximate surface area is 699 Å². The molecule has 14 aromatic rings. The zero-order valence-corrected chi connectivity index (χ0v) is 66.0. The van der Waals surface area contributed by atoms with Gasteiger partial charge in [-0.15, -0.1) is 0 Å². The number of aromatic nitrogens is 8. The first kappa shape index (κ1) is 87.5. The lowest BCUT2D eigenvalue weighted by Gasteiger charge is -2.18. The fourth-order valence-corrected chi connectivity index (χ4v) is 12.5. The Balaban J connectivity index is 0.000000150. The van der Waals surface area contributed by atoms with Crippen molar-refractivity contribution in [3.8, 4) is 23.0 Å². The van der Waals surface area contributed by atoms with Crippen LogP contribution >= 0.6 is 0 Å². The summed E-state index contributed by atoms with van der Waals surface area (Å²) in [6, 6.07) is 48.8. The quantitative estimate of drug-likeness (QED) is 0.0174. The van der Waals surface area contributed by atoms with Crippen LogP contribution in [0.2, 0.25) is 0 Å². The Bertz CT molecular complexity index is 6070. The number of halogens is 4. The molecule has 2 atom stereocenters. The number of furan rings is 1. The number of carbonyl (C=O) groups excluding carboxylic acids is 5. The molecule has 9 aromatic carbocycles. The number of aliphatic hydroxyl groups excluding tert-OH is 5. The number of amides is 5. The van der Waals surface area contributed by atoms with E-state index < -0.39 is 29.8 Å². The Morgan fingerprint density at radius 2 is 0.764 bits per heavy atom. The van der Waals surface area contributed by atoms with Crippen molar-refractivity contribution in [3.05, 3.63) is 296 Å². The molecule has 632 valence electrons. The van der Waals surface area contributed by atoms with E-state index in [1.165, 1.54) is 67.8 Å². The maximum absolute atomic E-state index is 13.2. The van der Waals surface area contributed by atoms with E-state index in [2.05, 4.69) is 62.1 Å². The lowest BCUT2D eigenvalue weighted by Crippen LogP contribution is -2.42. The summed E-state index contributed by atoms with van der Waals surface area (Å²) in [7, 11) is 0. The minimum atomic E-state index is -0.874. The number of benzene rings is 9. The zero-order chi connectivity index (χ0) is 86.7. The number of nitrogens with two attached hydrogens (primary N) is 1. The molecule has 0 bridgehead atoms. The van der Waals surface area contributed by atoms with Gasteiger partial charge in [0.1, 0.15) is 84.5 Å². The highest BCUT2D eigenvalue weighted by atomic mass is 19.1. The third kappa shape index (κ3) is 23.2. The van der Waals surface area contributed by atoms with Gasteiger partial charge in [-0.2, -0.15) is 20.4 Å². The van der Waals surface area contributed by atoms with Crippen molar-refractivity contribution in [2.45, 2.75) is 44.4 Å². The van der Waals surface area contributed by atoms with E-state index in [0.717, 1.165) is 40.7 Å². The Hall–Kier alpha value is -14.8. The van der Waals surface area contributed by atoms with E-state index in [1.54, 1.807) is 146 Å².